The van der Waals surface area contributed by atoms with E-state index in [-0.39, 0.29) is 17.4 Å². The monoisotopic (exact) mass is 416 g/mol. The summed E-state index contributed by atoms with van der Waals surface area (Å²) in [5.74, 6) is 0.938. The largest absolute Gasteiger partial charge is 0.338 e. The molecule has 0 saturated carbocycles. The average Bonchev–Trinajstić information content (AvgIpc) is 3.20. The smallest absolute Gasteiger partial charge is 0.253 e. The Labute approximate surface area is 180 Å². The van der Waals surface area contributed by atoms with Gasteiger partial charge in [-0.05, 0) is 49.6 Å². The van der Waals surface area contributed by atoms with Crippen molar-refractivity contribution in [2.45, 2.75) is 38.3 Å². The fraction of sp³-hybridized carbons (Fsp3) is 0.348. The molecule has 1 saturated heterocycles. The molecule has 0 bridgehead atoms. The Bertz CT molecular complexity index is 1100. The van der Waals surface area contributed by atoms with Crippen LogP contribution in [0.5, 0.6) is 0 Å². The zero-order valence-corrected chi connectivity index (χ0v) is 17.4. The lowest BCUT2D eigenvalue weighted by Crippen LogP contribution is -2.54. The number of amides is 2. The molecule has 158 valence electrons. The number of rotatable bonds is 3. The molecule has 1 spiro atoms. The summed E-state index contributed by atoms with van der Waals surface area (Å²) in [6, 6.07) is 9.31. The molecule has 0 radical (unpaired) electrons. The minimum absolute atomic E-state index is 0.00979. The van der Waals surface area contributed by atoms with Gasteiger partial charge in [0.15, 0.2) is 0 Å². The number of nitrogens with zero attached hydrogens (tertiary/aromatic N) is 6. The van der Waals surface area contributed by atoms with E-state index in [4.69, 9.17) is 5.10 Å². The predicted octanol–water partition coefficient (Wildman–Crippen LogP) is 2.55. The fourth-order valence-corrected chi connectivity index (χ4v) is 4.64. The van der Waals surface area contributed by atoms with Crippen molar-refractivity contribution in [1.82, 2.24) is 24.6 Å². The minimum atomic E-state index is -0.384. The van der Waals surface area contributed by atoms with Gasteiger partial charge in [-0.3, -0.25) is 24.5 Å². The standard InChI is InChI=1S/C23H24N6O2/c1-17-14-20-28(16-18-2-8-24-9-3-18)21(30)15-23(29(20)26-17)6-12-27(13-7-23)22(31)19-4-10-25-11-5-19/h2-5,8-11,14H,6-7,12-13,15-16H2,1H3. The van der Waals surface area contributed by atoms with Crippen molar-refractivity contribution in [1.29, 1.82) is 0 Å². The van der Waals surface area contributed by atoms with Crippen molar-refractivity contribution < 1.29 is 9.59 Å². The first-order chi connectivity index (χ1) is 15.1. The molecule has 2 amide bonds. The van der Waals surface area contributed by atoms with Gasteiger partial charge in [-0.25, -0.2) is 4.68 Å². The van der Waals surface area contributed by atoms with E-state index in [2.05, 4.69) is 9.97 Å². The van der Waals surface area contributed by atoms with Crippen LogP contribution in [0.4, 0.5) is 5.82 Å². The summed E-state index contributed by atoms with van der Waals surface area (Å²) in [5, 5.41) is 4.78. The summed E-state index contributed by atoms with van der Waals surface area (Å²) in [6.45, 7) is 3.64. The number of hydrogen-bond acceptors (Lipinski definition) is 5. The van der Waals surface area contributed by atoms with E-state index in [1.807, 2.05) is 39.6 Å². The number of aryl methyl sites for hydroxylation is 1. The maximum Gasteiger partial charge on any atom is 0.253 e. The first kappa shape index (κ1) is 19.4. The number of fused-ring (bicyclic) bond motifs is 2. The van der Waals surface area contributed by atoms with Crippen molar-refractivity contribution in [3.05, 3.63) is 71.9 Å². The summed E-state index contributed by atoms with van der Waals surface area (Å²) in [4.78, 5) is 37.8. The number of likely N-dealkylation sites (tertiary alicyclic amines) is 1. The second-order valence-electron chi connectivity index (χ2n) is 8.32. The number of piperidine rings is 1. The molecule has 0 unspecified atom stereocenters. The topological polar surface area (TPSA) is 84.2 Å². The van der Waals surface area contributed by atoms with Crippen LogP contribution in [0.2, 0.25) is 0 Å². The third kappa shape index (κ3) is 3.48. The highest BCUT2D eigenvalue weighted by Gasteiger charge is 2.46. The zero-order chi connectivity index (χ0) is 21.4. The van der Waals surface area contributed by atoms with Crippen molar-refractivity contribution in [2.75, 3.05) is 18.0 Å². The highest BCUT2D eigenvalue weighted by atomic mass is 16.2. The van der Waals surface area contributed by atoms with Gasteiger partial charge in [0.2, 0.25) is 5.91 Å². The van der Waals surface area contributed by atoms with Gasteiger partial charge in [0.05, 0.1) is 24.2 Å². The van der Waals surface area contributed by atoms with E-state index in [0.717, 1.165) is 17.1 Å². The molecule has 0 atom stereocenters. The van der Waals surface area contributed by atoms with E-state index in [1.54, 1.807) is 36.9 Å². The van der Waals surface area contributed by atoms with E-state index >= 15 is 0 Å². The van der Waals surface area contributed by atoms with Crippen LogP contribution >= 0.6 is 0 Å². The maximum atomic E-state index is 13.3. The van der Waals surface area contributed by atoms with Crippen LogP contribution in [0.15, 0.2) is 55.1 Å². The molecule has 8 nitrogen and oxygen atoms in total. The second kappa shape index (κ2) is 7.61. The van der Waals surface area contributed by atoms with Gasteiger partial charge in [-0.1, -0.05) is 0 Å². The lowest BCUT2D eigenvalue weighted by Gasteiger charge is -2.46. The summed E-state index contributed by atoms with van der Waals surface area (Å²) < 4.78 is 2.04. The molecule has 1 fully saturated rings. The van der Waals surface area contributed by atoms with Crippen LogP contribution in [0.25, 0.3) is 0 Å². The van der Waals surface area contributed by atoms with E-state index in [0.29, 0.717) is 44.5 Å². The summed E-state index contributed by atoms with van der Waals surface area (Å²) >= 11 is 0. The minimum Gasteiger partial charge on any atom is -0.338 e. The van der Waals surface area contributed by atoms with Crippen LogP contribution in [0.1, 0.15) is 40.9 Å². The van der Waals surface area contributed by atoms with Gasteiger partial charge < -0.3 is 4.90 Å². The molecule has 0 aromatic carbocycles. The van der Waals surface area contributed by atoms with E-state index in [9.17, 15) is 9.59 Å². The molecule has 8 heteroatoms. The number of anilines is 1. The molecular weight excluding hydrogens is 392 g/mol. The highest BCUT2D eigenvalue weighted by Crippen LogP contribution is 2.42. The number of aromatic nitrogens is 4. The molecule has 31 heavy (non-hydrogen) atoms. The summed E-state index contributed by atoms with van der Waals surface area (Å²) in [7, 11) is 0. The normalized spacial score (nSPS) is 17.6. The van der Waals surface area contributed by atoms with Crippen LogP contribution in [-0.2, 0) is 16.9 Å². The lowest BCUT2D eigenvalue weighted by atomic mass is 9.82. The van der Waals surface area contributed by atoms with E-state index < -0.39 is 0 Å². The van der Waals surface area contributed by atoms with Gasteiger partial charge in [0, 0.05) is 49.5 Å². The van der Waals surface area contributed by atoms with Gasteiger partial charge in [0.25, 0.3) is 5.91 Å². The Morgan fingerprint density at radius 1 is 1.03 bits per heavy atom. The Hall–Kier alpha value is -3.55. The second-order valence-corrected chi connectivity index (χ2v) is 8.32. The Balaban J connectivity index is 1.39. The molecule has 5 heterocycles. The number of carbonyl (C=O) groups is 2. The van der Waals surface area contributed by atoms with E-state index in [1.165, 1.54) is 0 Å². The summed E-state index contributed by atoms with van der Waals surface area (Å²) in [5.41, 5.74) is 2.18. The van der Waals surface area contributed by atoms with Gasteiger partial charge >= 0.3 is 0 Å². The fourth-order valence-electron chi connectivity index (χ4n) is 4.64. The van der Waals surface area contributed by atoms with Crippen LogP contribution in [0.3, 0.4) is 0 Å². The molecule has 0 N–H and O–H groups in total. The van der Waals surface area contributed by atoms with Crippen LogP contribution in [-0.4, -0.2) is 49.6 Å². The average molecular weight is 416 g/mol. The summed E-state index contributed by atoms with van der Waals surface area (Å²) in [6.07, 6.45) is 8.54. The quantitative estimate of drug-likeness (QED) is 0.655. The molecule has 2 aliphatic heterocycles. The number of carbonyl (C=O) groups excluding carboxylic acids is 2. The van der Waals surface area contributed by atoms with Gasteiger partial charge in [0.1, 0.15) is 5.82 Å². The number of hydrogen-bond donors (Lipinski definition) is 0. The van der Waals surface area contributed by atoms with Crippen molar-refractivity contribution in [3.8, 4) is 0 Å². The predicted molar refractivity (Wildman–Crippen MR) is 114 cm³/mol. The SMILES string of the molecule is Cc1cc2n(n1)C1(CCN(C(=O)c3ccncc3)CC1)CC(=O)N2Cc1ccncc1. The first-order valence-electron chi connectivity index (χ1n) is 10.5. The van der Waals surface area contributed by atoms with Crippen LogP contribution in [0, 0.1) is 6.92 Å². The van der Waals surface area contributed by atoms with Gasteiger partial charge in [-0.2, -0.15) is 5.10 Å². The maximum absolute atomic E-state index is 13.3. The molecular formula is C23H24N6O2. The van der Waals surface area contributed by atoms with Crippen molar-refractivity contribution in [2.24, 2.45) is 0 Å². The lowest BCUT2D eigenvalue weighted by molar-refractivity contribution is -0.123. The molecule has 3 aromatic heterocycles. The van der Waals surface area contributed by atoms with Gasteiger partial charge in [-0.15, -0.1) is 0 Å². The third-order valence-electron chi connectivity index (χ3n) is 6.32. The molecule has 0 aliphatic carbocycles. The molecule has 5 rings (SSSR count). The van der Waals surface area contributed by atoms with Crippen molar-refractivity contribution >= 4 is 17.6 Å². The molecule has 3 aromatic rings. The van der Waals surface area contributed by atoms with Crippen molar-refractivity contribution in [3.63, 3.8) is 0 Å². The first-order valence-corrected chi connectivity index (χ1v) is 10.5. The molecule has 2 aliphatic rings. The van der Waals surface area contributed by atoms with Crippen LogP contribution < -0.4 is 4.90 Å². The Morgan fingerprint density at radius 2 is 1.68 bits per heavy atom. The Kier molecular flexibility index (Phi) is 4.77. The highest BCUT2D eigenvalue weighted by molar-refractivity contribution is 5.95. The number of pyridine rings is 2. The zero-order valence-electron chi connectivity index (χ0n) is 17.4. The Morgan fingerprint density at radius 3 is 2.35 bits per heavy atom. The third-order valence-corrected chi connectivity index (χ3v) is 6.32.